The van der Waals surface area contributed by atoms with Gasteiger partial charge in [-0.3, -0.25) is 0 Å². The van der Waals surface area contributed by atoms with Gasteiger partial charge in [0.25, 0.3) is 0 Å². The van der Waals surface area contributed by atoms with Crippen LogP contribution >= 0.6 is 11.5 Å². The molecule has 2 bridgehead atoms. The number of esters is 1. The Morgan fingerprint density at radius 1 is 1.50 bits per heavy atom. The molecule has 0 radical (unpaired) electrons. The molecule has 2 saturated carbocycles. The fourth-order valence-corrected chi connectivity index (χ4v) is 4.05. The molecule has 98 valence electrons. The molecule has 0 aromatic carbocycles. The van der Waals surface area contributed by atoms with Crippen molar-refractivity contribution in [2.45, 2.75) is 31.7 Å². The molecule has 0 saturated heterocycles. The predicted molar refractivity (Wildman–Crippen MR) is 70.7 cm³/mol. The van der Waals surface area contributed by atoms with Gasteiger partial charge in [-0.05, 0) is 42.6 Å². The third kappa shape index (κ3) is 1.84. The lowest BCUT2D eigenvalue weighted by Crippen LogP contribution is -2.26. The summed E-state index contributed by atoms with van der Waals surface area (Å²) >= 11 is 1.25. The number of nitrogens with two attached hydrogens (primary N) is 1. The molecule has 3 unspecified atom stereocenters. The number of nitrogens with zero attached hydrogens (tertiary/aromatic N) is 1. The van der Waals surface area contributed by atoms with Crippen LogP contribution in [-0.2, 0) is 4.74 Å². The summed E-state index contributed by atoms with van der Waals surface area (Å²) in [5.74, 6) is 1.45. The topological polar surface area (TPSA) is 77.2 Å². The third-order valence-electron chi connectivity index (χ3n) is 4.16. The minimum atomic E-state index is -0.410. The van der Waals surface area contributed by atoms with Crippen molar-refractivity contribution in [1.29, 1.82) is 0 Å². The van der Waals surface area contributed by atoms with Gasteiger partial charge in [0.15, 0.2) is 5.82 Å². The predicted octanol–water partition coefficient (Wildman–Crippen LogP) is 2.11. The van der Waals surface area contributed by atoms with Gasteiger partial charge >= 0.3 is 5.97 Å². The lowest BCUT2D eigenvalue weighted by Gasteiger charge is -2.23. The van der Waals surface area contributed by atoms with E-state index in [-0.39, 0.29) is 5.82 Å². The standard InChI is InChI=1S/C12H17N3O2S/c1-17-12(16)9-10(13)15-18-11(9)14-8-5-6-2-3-7(8)4-6/h6-8,14H,2-5H2,1H3,(H2,13,15). The van der Waals surface area contributed by atoms with Crippen LogP contribution in [0.25, 0.3) is 0 Å². The quantitative estimate of drug-likeness (QED) is 0.820. The zero-order valence-corrected chi connectivity index (χ0v) is 11.1. The number of fused-ring (bicyclic) bond motifs is 2. The van der Waals surface area contributed by atoms with E-state index in [1.165, 1.54) is 44.3 Å². The van der Waals surface area contributed by atoms with E-state index in [0.29, 0.717) is 11.6 Å². The summed E-state index contributed by atoms with van der Waals surface area (Å²) in [5, 5.41) is 4.21. The van der Waals surface area contributed by atoms with Crippen LogP contribution < -0.4 is 11.1 Å². The number of methoxy groups -OCH3 is 1. The molecule has 3 N–H and O–H groups in total. The molecule has 0 spiro atoms. The van der Waals surface area contributed by atoms with Crippen LogP contribution in [0.3, 0.4) is 0 Å². The smallest absolute Gasteiger partial charge is 0.344 e. The highest BCUT2D eigenvalue weighted by Gasteiger charge is 2.40. The second-order valence-corrected chi connectivity index (χ2v) is 5.96. The Balaban J connectivity index is 1.79. The van der Waals surface area contributed by atoms with E-state index >= 15 is 0 Å². The zero-order valence-electron chi connectivity index (χ0n) is 10.3. The van der Waals surface area contributed by atoms with Crippen molar-refractivity contribution in [2.75, 3.05) is 18.2 Å². The Morgan fingerprint density at radius 2 is 2.33 bits per heavy atom. The van der Waals surface area contributed by atoms with Gasteiger partial charge in [0, 0.05) is 6.04 Å². The molecule has 1 aromatic heterocycles. The first-order valence-corrected chi connectivity index (χ1v) is 7.06. The average molecular weight is 267 g/mol. The highest BCUT2D eigenvalue weighted by Crippen LogP contribution is 2.46. The molecule has 3 atom stereocenters. The number of carbonyl (C=O) groups excluding carboxylic acids is 1. The molecule has 1 aromatic rings. The maximum atomic E-state index is 11.7. The first-order valence-electron chi connectivity index (χ1n) is 6.29. The van der Waals surface area contributed by atoms with Gasteiger partial charge in [0.1, 0.15) is 10.6 Å². The van der Waals surface area contributed by atoms with E-state index in [4.69, 9.17) is 10.5 Å². The molecule has 3 rings (SSSR count). The Morgan fingerprint density at radius 3 is 2.94 bits per heavy atom. The summed E-state index contributed by atoms with van der Waals surface area (Å²) in [4.78, 5) is 11.7. The number of ether oxygens (including phenoxy) is 1. The molecule has 2 fully saturated rings. The largest absolute Gasteiger partial charge is 0.465 e. The van der Waals surface area contributed by atoms with Crippen LogP contribution in [0.4, 0.5) is 10.8 Å². The van der Waals surface area contributed by atoms with Gasteiger partial charge in [-0.15, -0.1) is 0 Å². The maximum Gasteiger partial charge on any atom is 0.344 e. The van der Waals surface area contributed by atoms with Crippen molar-refractivity contribution in [2.24, 2.45) is 11.8 Å². The summed E-state index contributed by atoms with van der Waals surface area (Å²) in [5.41, 5.74) is 6.12. The first kappa shape index (κ1) is 11.8. The van der Waals surface area contributed by atoms with Crippen LogP contribution in [0.15, 0.2) is 0 Å². The number of anilines is 2. The van der Waals surface area contributed by atoms with Gasteiger partial charge in [-0.1, -0.05) is 6.42 Å². The molecule has 0 amide bonds. The van der Waals surface area contributed by atoms with E-state index in [1.807, 2.05) is 0 Å². The van der Waals surface area contributed by atoms with Crippen molar-refractivity contribution in [3.63, 3.8) is 0 Å². The highest BCUT2D eigenvalue weighted by molar-refractivity contribution is 7.11. The minimum absolute atomic E-state index is 0.262. The van der Waals surface area contributed by atoms with Crippen molar-refractivity contribution >= 4 is 28.3 Å². The molecular formula is C12H17N3O2S. The number of aromatic nitrogens is 1. The van der Waals surface area contributed by atoms with Gasteiger partial charge in [0.05, 0.1) is 7.11 Å². The van der Waals surface area contributed by atoms with E-state index in [2.05, 4.69) is 9.69 Å². The number of hydrogen-bond acceptors (Lipinski definition) is 6. The number of rotatable bonds is 3. The van der Waals surface area contributed by atoms with Gasteiger partial charge in [0.2, 0.25) is 0 Å². The Bertz CT molecular complexity index is 474. The van der Waals surface area contributed by atoms with Gasteiger partial charge < -0.3 is 15.8 Å². The monoisotopic (exact) mass is 267 g/mol. The summed E-state index contributed by atoms with van der Waals surface area (Å²) in [6, 6.07) is 0.465. The van der Waals surface area contributed by atoms with E-state index < -0.39 is 5.97 Å². The molecular weight excluding hydrogens is 250 g/mol. The SMILES string of the molecule is COC(=O)c1c(N)nsc1NC1CC2CCC1C2. The minimum Gasteiger partial charge on any atom is -0.465 e. The van der Waals surface area contributed by atoms with Crippen LogP contribution in [0.2, 0.25) is 0 Å². The Hall–Kier alpha value is -1.30. The van der Waals surface area contributed by atoms with Crippen molar-refractivity contribution < 1.29 is 9.53 Å². The van der Waals surface area contributed by atoms with Crippen LogP contribution in [0, 0.1) is 11.8 Å². The maximum absolute atomic E-state index is 11.7. The van der Waals surface area contributed by atoms with Crippen LogP contribution in [-0.4, -0.2) is 23.5 Å². The fraction of sp³-hybridized carbons (Fsp3) is 0.667. The normalized spacial score (nSPS) is 29.5. The lowest BCUT2D eigenvalue weighted by molar-refractivity contribution is 0.0603. The van der Waals surface area contributed by atoms with Crippen LogP contribution in [0.1, 0.15) is 36.0 Å². The van der Waals surface area contributed by atoms with E-state index in [9.17, 15) is 4.79 Å². The second kappa shape index (κ2) is 4.42. The summed E-state index contributed by atoms with van der Waals surface area (Å²) in [7, 11) is 1.36. The van der Waals surface area contributed by atoms with E-state index in [1.54, 1.807) is 0 Å². The second-order valence-electron chi connectivity index (χ2n) is 5.19. The molecule has 18 heavy (non-hydrogen) atoms. The summed E-state index contributed by atoms with van der Waals surface area (Å²) in [6.07, 6.45) is 5.17. The Kier molecular flexibility index (Phi) is 2.89. The van der Waals surface area contributed by atoms with Gasteiger partial charge in [-0.25, -0.2) is 4.79 Å². The number of nitrogens with one attached hydrogen (secondary N) is 1. The number of hydrogen-bond donors (Lipinski definition) is 2. The van der Waals surface area contributed by atoms with Gasteiger partial charge in [-0.2, -0.15) is 4.37 Å². The number of nitrogen functional groups attached to an aromatic ring is 1. The average Bonchev–Trinajstić information content (AvgIpc) is 3.05. The van der Waals surface area contributed by atoms with Crippen molar-refractivity contribution in [1.82, 2.24) is 4.37 Å². The molecule has 6 heteroatoms. The fourth-order valence-electron chi connectivity index (χ4n) is 3.29. The molecule has 5 nitrogen and oxygen atoms in total. The molecule has 2 aliphatic carbocycles. The molecule has 0 aliphatic heterocycles. The van der Waals surface area contributed by atoms with Crippen LogP contribution in [0.5, 0.6) is 0 Å². The highest BCUT2D eigenvalue weighted by atomic mass is 32.1. The lowest BCUT2D eigenvalue weighted by atomic mass is 9.95. The first-order chi connectivity index (χ1) is 8.69. The van der Waals surface area contributed by atoms with Crippen molar-refractivity contribution in [3.8, 4) is 0 Å². The molecule has 2 aliphatic rings. The molecule has 1 heterocycles. The Labute approximate surface area is 110 Å². The summed E-state index contributed by atoms with van der Waals surface area (Å²) < 4.78 is 8.80. The summed E-state index contributed by atoms with van der Waals surface area (Å²) in [6.45, 7) is 0. The van der Waals surface area contributed by atoms with Crippen molar-refractivity contribution in [3.05, 3.63) is 5.56 Å². The third-order valence-corrected chi connectivity index (χ3v) is 4.96. The van der Waals surface area contributed by atoms with E-state index in [0.717, 1.165) is 16.8 Å². The zero-order chi connectivity index (χ0) is 12.7. The number of carbonyl (C=O) groups is 1.